The molecule has 1 aromatic carbocycles. The second-order valence-corrected chi connectivity index (χ2v) is 3.36. The van der Waals surface area contributed by atoms with E-state index in [0.29, 0.717) is 0 Å². The molecule has 2 atom stereocenters. The van der Waals surface area contributed by atoms with Gasteiger partial charge >= 0.3 is 0 Å². The molecule has 2 nitrogen and oxygen atoms in total. The van der Waals surface area contributed by atoms with Crippen molar-refractivity contribution in [2.45, 2.75) is 25.5 Å². The van der Waals surface area contributed by atoms with Crippen molar-refractivity contribution < 1.29 is 5.11 Å². The predicted molar refractivity (Wildman–Crippen MR) is 49.2 cm³/mol. The molecule has 1 heterocycles. The number of aliphatic hydroxyl groups excluding tert-OH is 1. The molecule has 1 aliphatic rings. The van der Waals surface area contributed by atoms with Gasteiger partial charge in [-0.2, -0.15) is 0 Å². The minimum absolute atomic E-state index is 0.167. The smallest absolute Gasteiger partial charge is 0.0779 e. The summed E-state index contributed by atoms with van der Waals surface area (Å²) >= 11 is 0. The summed E-state index contributed by atoms with van der Waals surface area (Å²) in [6.07, 6.45) is 0.518. The van der Waals surface area contributed by atoms with E-state index in [0.717, 1.165) is 12.1 Å². The Hall–Kier alpha value is -1.02. The summed E-state index contributed by atoms with van der Waals surface area (Å²) in [6, 6.07) is 8.29. The molecule has 0 amide bonds. The van der Waals surface area contributed by atoms with E-state index >= 15 is 0 Å². The van der Waals surface area contributed by atoms with Crippen LogP contribution in [-0.4, -0.2) is 17.3 Å². The maximum Gasteiger partial charge on any atom is 0.0779 e. The van der Waals surface area contributed by atoms with Crippen molar-refractivity contribution in [3.63, 3.8) is 0 Å². The van der Waals surface area contributed by atoms with E-state index in [2.05, 4.69) is 17.4 Å². The molecule has 2 heteroatoms. The summed E-state index contributed by atoms with van der Waals surface area (Å²) in [4.78, 5) is 0. The lowest BCUT2D eigenvalue weighted by atomic mass is 9.97. The van der Waals surface area contributed by atoms with Crippen LogP contribution in [0.3, 0.4) is 0 Å². The summed E-state index contributed by atoms with van der Waals surface area (Å²) in [7, 11) is 0. The molecule has 12 heavy (non-hydrogen) atoms. The quantitative estimate of drug-likeness (QED) is 0.606. The number of fused-ring (bicyclic) bond motifs is 1. The zero-order valence-corrected chi connectivity index (χ0v) is 7.12. The van der Waals surface area contributed by atoms with Crippen LogP contribution in [0.15, 0.2) is 24.3 Å². The number of para-hydroxylation sites is 1. The minimum Gasteiger partial charge on any atom is -0.391 e. The highest BCUT2D eigenvalue weighted by Crippen LogP contribution is 2.23. The first-order chi connectivity index (χ1) is 5.77. The fraction of sp³-hybridized carbons (Fsp3) is 0.400. The molecule has 0 fully saturated rings. The van der Waals surface area contributed by atoms with Crippen molar-refractivity contribution >= 4 is 5.69 Å². The number of hydrogen-bond acceptors (Lipinski definition) is 2. The molecule has 2 N–H and O–H groups in total. The summed E-state index contributed by atoms with van der Waals surface area (Å²) in [5, 5.41) is 12.8. The van der Waals surface area contributed by atoms with Crippen LogP contribution in [0.1, 0.15) is 12.5 Å². The molecule has 0 saturated heterocycles. The first-order valence-corrected chi connectivity index (χ1v) is 4.30. The van der Waals surface area contributed by atoms with Crippen LogP contribution < -0.4 is 5.32 Å². The van der Waals surface area contributed by atoms with E-state index in [1.807, 2.05) is 19.1 Å². The Balaban J connectivity index is 2.34. The Kier molecular flexibility index (Phi) is 1.77. The first-order valence-electron chi connectivity index (χ1n) is 4.30. The van der Waals surface area contributed by atoms with Gasteiger partial charge in [-0.3, -0.25) is 0 Å². The Morgan fingerprint density at radius 1 is 1.42 bits per heavy atom. The average molecular weight is 163 g/mol. The molecule has 0 radical (unpaired) electrons. The highest BCUT2D eigenvalue weighted by Gasteiger charge is 2.21. The van der Waals surface area contributed by atoms with Crippen molar-refractivity contribution in [3.8, 4) is 0 Å². The predicted octanol–water partition coefficient (Wildman–Crippen LogP) is 1.40. The van der Waals surface area contributed by atoms with Crippen molar-refractivity contribution in [1.29, 1.82) is 0 Å². The van der Waals surface area contributed by atoms with Crippen LogP contribution in [0.2, 0.25) is 0 Å². The van der Waals surface area contributed by atoms with E-state index in [1.54, 1.807) is 0 Å². The van der Waals surface area contributed by atoms with Crippen LogP contribution in [0, 0.1) is 0 Å². The molecule has 0 aliphatic carbocycles. The fourth-order valence-electron chi connectivity index (χ4n) is 1.58. The molecule has 1 aromatic rings. The van der Waals surface area contributed by atoms with Crippen molar-refractivity contribution in [1.82, 2.24) is 0 Å². The molecule has 1 aliphatic heterocycles. The van der Waals surface area contributed by atoms with Gasteiger partial charge in [0.2, 0.25) is 0 Å². The zero-order chi connectivity index (χ0) is 8.55. The van der Waals surface area contributed by atoms with E-state index in [1.165, 1.54) is 5.56 Å². The number of rotatable bonds is 0. The molecule has 0 aromatic heterocycles. The molecular weight excluding hydrogens is 150 g/mol. The van der Waals surface area contributed by atoms with E-state index < -0.39 is 0 Å². The molecule has 2 rings (SSSR count). The molecule has 64 valence electrons. The number of hydrogen-bond donors (Lipinski definition) is 2. The molecule has 0 bridgehead atoms. The molecule has 0 unspecified atom stereocenters. The highest BCUT2D eigenvalue weighted by atomic mass is 16.3. The lowest BCUT2D eigenvalue weighted by Crippen LogP contribution is -2.36. The van der Waals surface area contributed by atoms with E-state index in [4.69, 9.17) is 0 Å². The fourth-order valence-corrected chi connectivity index (χ4v) is 1.58. The van der Waals surface area contributed by atoms with Crippen molar-refractivity contribution in [3.05, 3.63) is 29.8 Å². The third-order valence-electron chi connectivity index (χ3n) is 2.41. The summed E-state index contributed by atoms with van der Waals surface area (Å²) in [6.45, 7) is 2.00. The van der Waals surface area contributed by atoms with Gasteiger partial charge in [-0.25, -0.2) is 0 Å². The maximum absolute atomic E-state index is 9.56. The molecule has 0 spiro atoms. The number of aliphatic hydroxyl groups is 1. The van der Waals surface area contributed by atoms with Crippen molar-refractivity contribution in [2.24, 2.45) is 0 Å². The van der Waals surface area contributed by atoms with Crippen LogP contribution in [-0.2, 0) is 6.42 Å². The van der Waals surface area contributed by atoms with Crippen LogP contribution in [0.5, 0.6) is 0 Å². The second-order valence-electron chi connectivity index (χ2n) is 3.36. The topological polar surface area (TPSA) is 32.3 Å². The minimum atomic E-state index is -0.250. The van der Waals surface area contributed by atoms with Gasteiger partial charge in [0.25, 0.3) is 0 Å². The summed E-state index contributed by atoms with van der Waals surface area (Å²) in [5.41, 5.74) is 2.37. The Bertz CT molecular complexity index is 256. The lowest BCUT2D eigenvalue weighted by Gasteiger charge is -2.28. The largest absolute Gasteiger partial charge is 0.391 e. The Morgan fingerprint density at radius 3 is 3.00 bits per heavy atom. The van der Waals surface area contributed by atoms with Gasteiger partial charge in [0.15, 0.2) is 0 Å². The van der Waals surface area contributed by atoms with Crippen LogP contribution in [0.4, 0.5) is 5.69 Å². The lowest BCUT2D eigenvalue weighted by molar-refractivity contribution is 0.154. The normalized spacial score (nSPS) is 27.5. The van der Waals surface area contributed by atoms with E-state index in [9.17, 15) is 5.11 Å². The third kappa shape index (κ3) is 1.18. The number of nitrogens with one attached hydrogen (secondary N) is 1. The van der Waals surface area contributed by atoms with Gasteiger partial charge in [0.05, 0.1) is 6.10 Å². The van der Waals surface area contributed by atoms with Gasteiger partial charge in [-0.1, -0.05) is 18.2 Å². The third-order valence-corrected chi connectivity index (χ3v) is 2.41. The Morgan fingerprint density at radius 2 is 2.17 bits per heavy atom. The molecular formula is C10H13NO. The monoisotopic (exact) mass is 163 g/mol. The number of anilines is 1. The van der Waals surface area contributed by atoms with Gasteiger partial charge in [0.1, 0.15) is 0 Å². The molecule has 0 saturated carbocycles. The number of benzene rings is 1. The highest BCUT2D eigenvalue weighted by molar-refractivity contribution is 5.54. The second kappa shape index (κ2) is 2.79. The summed E-state index contributed by atoms with van der Waals surface area (Å²) in [5.74, 6) is 0. The van der Waals surface area contributed by atoms with Crippen LogP contribution in [0.25, 0.3) is 0 Å². The zero-order valence-electron chi connectivity index (χ0n) is 7.12. The average Bonchev–Trinajstić information content (AvgIpc) is 2.07. The Labute approximate surface area is 72.2 Å². The summed E-state index contributed by atoms with van der Waals surface area (Å²) < 4.78 is 0. The van der Waals surface area contributed by atoms with Gasteiger partial charge in [0, 0.05) is 18.2 Å². The van der Waals surface area contributed by atoms with Crippen LogP contribution >= 0.6 is 0 Å². The van der Waals surface area contributed by atoms with Gasteiger partial charge in [-0.05, 0) is 18.6 Å². The SMILES string of the molecule is C[C@H]1Nc2ccccc2C[C@H]1O. The van der Waals surface area contributed by atoms with Gasteiger partial charge in [-0.15, -0.1) is 0 Å². The van der Waals surface area contributed by atoms with Gasteiger partial charge < -0.3 is 10.4 Å². The van der Waals surface area contributed by atoms with Crippen molar-refractivity contribution in [2.75, 3.05) is 5.32 Å². The standard InChI is InChI=1S/C10H13NO/c1-7-10(12)6-8-4-2-3-5-9(8)11-7/h2-5,7,10-12H,6H2,1H3/t7-,10-/m1/s1. The first kappa shape index (κ1) is 7.62. The maximum atomic E-state index is 9.56. The van der Waals surface area contributed by atoms with E-state index in [-0.39, 0.29) is 12.1 Å².